The summed E-state index contributed by atoms with van der Waals surface area (Å²) in [7, 11) is 0. The van der Waals surface area contributed by atoms with Crippen LogP contribution in [0.25, 0.3) is 11.0 Å². The molecule has 0 saturated carbocycles. The van der Waals surface area contributed by atoms with Gasteiger partial charge in [-0.1, -0.05) is 31.2 Å². The van der Waals surface area contributed by atoms with Gasteiger partial charge in [-0.25, -0.2) is 4.98 Å². The van der Waals surface area contributed by atoms with Crippen molar-refractivity contribution in [3.63, 3.8) is 0 Å². The smallest absolute Gasteiger partial charge is 0.234 e. The lowest BCUT2D eigenvalue weighted by atomic mass is 10.2. The van der Waals surface area contributed by atoms with Crippen molar-refractivity contribution in [1.82, 2.24) is 15.3 Å². The third kappa shape index (κ3) is 5.99. The Hall–Kier alpha value is -2.02. The zero-order valence-corrected chi connectivity index (χ0v) is 17.1. The molecule has 0 aliphatic rings. The summed E-state index contributed by atoms with van der Waals surface area (Å²) < 4.78 is 0. The topological polar surface area (TPSA) is 69.8 Å². The average Bonchev–Trinajstić information content (AvgIpc) is 3.09. The van der Waals surface area contributed by atoms with Crippen LogP contribution in [-0.2, 0) is 11.3 Å². The Morgan fingerprint density at radius 2 is 2.04 bits per heavy atom. The predicted molar refractivity (Wildman–Crippen MR) is 117 cm³/mol. The molecule has 0 fully saturated rings. The second kappa shape index (κ2) is 10.3. The number of carbonyl (C=O) groups is 1. The van der Waals surface area contributed by atoms with E-state index in [0.717, 1.165) is 41.2 Å². The molecule has 1 aromatic heterocycles. The number of nitrogens with zero attached hydrogens (tertiary/aromatic N) is 1. The predicted octanol–water partition coefficient (Wildman–Crippen LogP) is 4.53. The van der Waals surface area contributed by atoms with Crippen LogP contribution in [0.3, 0.4) is 0 Å². The highest BCUT2D eigenvalue weighted by atomic mass is 35.5. The molecule has 1 heterocycles. The Morgan fingerprint density at radius 3 is 2.81 bits per heavy atom. The molecule has 1 unspecified atom stereocenters. The van der Waals surface area contributed by atoms with Crippen LogP contribution in [0.2, 0.25) is 0 Å². The van der Waals surface area contributed by atoms with Crippen molar-refractivity contribution in [2.75, 3.05) is 17.6 Å². The van der Waals surface area contributed by atoms with Gasteiger partial charge >= 0.3 is 0 Å². The molecule has 0 aliphatic carbocycles. The fraction of sp³-hybridized carbons (Fsp3) is 0.300. The van der Waals surface area contributed by atoms with Crippen LogP contribution in [0.5, 0.6) is 0 Å². The number of anilines is 1. The molecule has 0 radical (unpaired) electrons. The van der Waals surface area contributed by atoms with E-state index in [0.29, 0.717) is 5.75 Å². The summed E-state index contributed by atoms with van der Waals surface area (Å²) in [5.74, 6) is 1.28. The van der Waals surface area contributed by atoms with E-state index in [2.05, 4.69) is 40.5 Å². The number of H-pyrrole nitrogens is 1. The van der Waals surface area contributed by atoms with Gasteiger partial charge in [-0.3, -0.25) is 4.79 Å². The Balaban J connectivity index is 0.00000261. The van der Waals surface area contributed by atoms with Gasteiger partial charge in [0, 0.05) is 12.2 Å². The second-order valence-electron chi connectivity index (χ2n) is 6.12. The quantitative estimate of drug-likeness (QED) is 0.516. The normalized spacial score (nSPS) is 11.8. The van der Waals surface area contributed by atoms with Crippen LogP contribution in [0.1, 0.15) is 30.5 Å². The monoisotopic (exact) mass is 404 g/mol. The minimum atomic E-state index is -0.00133. The Kier molecular flexibility index (Phi) is 8.16. The van der Waals surface area contributed by atoms with E-state index in [1.165, 1.54) is 0 Å². The number of halogens is 1. The molecule has 0 aliphatic heterocycles. The largest absolute Gasteiger partial charge is 0.341 e. The average molecular weight is 405 g/mol. The summed E-state index contributed by atoms with van der Waals surface area (Å²) >= 11 is 1.57. The number of carbonyl (C=O) groups excluding carboxylic acids is 1. The molecule has 3 rings (SSSR count). The van der Waals surface area contributed by atoms with E-state index in [9.17, 15) is 4.79 Å². The van der Waals surface area contributed by atoms with Crippen LogP contribution in [-0.4, -0.2) is 28.2 Å². The van der Waals surface area contributed by atoms with E-state index in [1.807, 2.05) is 42.5 Å². The number of benzene rings is 2. The third-order valence-corrected chi connectivity index (χ3v) is 5.20. The zero-order chi connectivity index (χ0) is 18.4. The third-order valence-electron chi connectivity index (χ3n) is 4.05. The van der Waals surface area contributed by atoms with E-state index in [4.69, 9.17) is 0 Å². The molecule has 0 saturated heterocycles. The summed E-state index contributed by atoms with van der Waals surface area (Å²) in [5.41, 5.74) is 3.98. The number of rotatable bonds is 8. The minimum absolute atomic E-state index is 0. The highest BCUT2D eigenvalue weighted by Crippen LogP contribution is 2.27. The van der Waals surface area contributed by atoms with Crippen LogP contribution < -0.4 is 10.6 Å². The number of aromatic amines is 1. The lowest BCUT2D eigenvalue weighted by molar-refractivity contribution is -0.113. The van der Waals surface area contributed by atoms with Gasteiger partial charge in [0.1, 0.15) is 5.82 Å². The van der Waals surface area contributed by atoms with Gasteiger partial charge in [0.2, 0.25) is 5.91 Å². The lowest BCUT2D eigenvalue weighted by Crippen LogP contribution is -2.16. The molecule has 0 bridgehead atoms. The van der Waals surface area contributed by atoms with Crippen molar-refractivity contribution < 1.29 is 4.79 Å². The van der Waals surface area contributed by atoms with Gasteiger partial charge < -0.3 is 15.6 Å². The van der Waals surface area contributed by atoms with Crippen molar-refractivity contribution in [2.24, 2.45) is 0 Å². The summed E-state index contributed by atoms with van der Waals surface area (Å²) in [4.78, 5) is 20.2. The van der Waals surface area contributed by atoms with Crippen molar-refractivity contribution in [2.45, 2.75) is 25.6 Å². The first-order chi connectivity index (χ1) is 12.7. The molecule has 2 aromatic carbocycles. The first kappa shape index (κ1) is 21.3. The van der Waals surface area contributed by atoms with E-state index < -0.39 is 0 Å². The van der Waals surface area contributed by atoms with Crippen LogP contribution >= 0.6 is 24.2 Å². The van der Waals surface area contributed by atoms with Crippen molar-refractivity contribution in [3.05, 3.63) is 59.9 Å². The highest BCUT2D eigenvalue weighted by Gasteiger charge is 2.13. The van der Waals surface area contributed by atoms with Crippen LogP contribution in [0.4, 0.5) is 5.69 Å². The van der Waals surface area contributed by atoms with Crippen molar-refractivity contribution in [1.29, 1.82) is 0 Å². The fourth-order valence-electron chi connectivity index (χ4n) is 2.67. The molecular formula is C20H25ClN4OS. The Bertz CT molecular complexity index is 850. The van der Waals surface area contributed by atoms with Gasteiger partial charge in [-0.2, -0.15) is 0 Å². The maximum absolute atomic E-state index is 12.3. The number of nitrogens with one attached hydrogen (secondary N) is 3. The molecule has 5 nitrogen and oxygen atoms in total. The molecule has 3 aromatic rings. The fourth-order valence-corrected chi connectivity index (χ4v) is 3.41. The molecule has 0 spiro atoms. The van der Waals surface area contributed by atoms with Crippen molar-refractivity contribution >= 4 is 46.8 Å². The Morgan fingerprint density at radius 1 is 1.22 bits per heavy atom. The van der Waals surface area contributed by atoms with E-state index >= 15 is 0 Å². The summed E-state index contributed by atoms with van der Waals surface area (Å²) in [6.45, 7) is 5.86. The summed E-state index contributed by atoms with van der Waals surface area (Å²) in [6.07, 6.45) is 0. The van der Waals surface area contributed by atoms with Crippen LogP contribution in [0, 0.1) is 0 Å². The zero-order valence-electron chi connectivity index (χ0n) is 15.5. The summed E-state index contributed by atoms with van der Waals surface area (Å²) in [6, 6.07) is 15.9. The lowest BCUT2D eigenvalue weighted by Gasteiger charge is -2.10. The Labute approximate surface area is 170 Å². The molecule has 1 atom stereocenters. The van der Waals surface area contributed by atoms with E-state index in [-0.39, 0.29) is 23.6 Å². The van der Waals surface area contributed by atoms with Gasteiger partial charge in [-0.15, -0.1) is 24.2 Å². The number of fused-ring (bicyclic) bond motifs is 1. The van der Waals surface area contributed by atoms with Gasteiger partial charge in [-0.05, 0) is 43.3 Å². The number of aromatic nitrogens is 2. The number of thioether (sulfide) groups is 1. The highest BCUT2D eigenvalue weighted by molar-refractivity contribution is 8.00. The first-order valence-electron chi connectivity index (χ1n) is 8.81. The number of hydrogen-bond acceptors (Lipinski definition) is 4. The second-order valence-corrected chi connectivity index (χ2v) is 7.45. The molecule has 3 N–H and O–H groups in total. The maximum atomic E-state index is 12.3. The molecule has 144 valence electrons. The van der Waals surface area contributed by atoms with Gasteiger partial charge in [0.25, 0.3) is 0 Å². The number of para-hydroxylation sites is 2. The standard InChI is InChI=1S/C20H24N4OS.ClH/c1-3-21-12-15-7-6-8-16(11-15)22-19(25)13-26-14(2)20-23-17-9-4-5-10-18(17)24-20;/h4-11,14,21H,3,12-13H2,1-2H3,(H,22,25)(H,23,24);1H. The minimum Gasteiger partial charge on any atom is -0.341 e. The first-order valence-corrected chi connectivity index (χ1v) is 9.86. The van der Waals surface area contributed by atoms with Crippen LogP contribution in [0.15, 0.2) is 48.5 Å². The molecule has 27 heavy (non-hydrogen) atoms. The van der Waals surface area contributed by atoms with E-state index in [1.54, 1.807) is 11.8 Å². The number of imidazole rings is 1. The van der Waals surface area contributed by atoms with Gasteiger partial charge in [0.05, 0.1) is 22.0 Å². The van der Waals surface area contributed by atoms with Gasteiger partial charge in [0.15, 0.2) is 0 Å². The molecule has 1 amide bonds. The van der Waals surface area contributed by atoms with Crippen molar-refractivity contribution in [3.8, 4) is 0 Å². The SMILES string of the molecule is CCNCc1cccc(NC(=O)CSC(C)c2nc3ccccc3[nH]2)c1.Cl. The molecular weight excluding hydrogens is 380 g/mol. The molecule has 7 heteroatoms. The maximum Gasteiger partial charge on any atom is 0.234 e. The number of amides is 1. The summed E-state index contributed by atoms with van der Waals surface area (Å²) in [5, 5.41) is 6.38. The number of hydrogen-bond donors (Lipinski definition) is 3.